The zero-order chi connectivity index (χ0) is 39.9. The molecule has 0 aliphatic heterocycles. The van der Waals surface area contributed by atoms with Crippen molar-refractivity contribution in [3.8, 4) is 22.3 Å². The fraction of sp³-hybridized carbons (Fsp3) is 0.464. The molecule has 0 N–H and O–H groups in total. The minimum atomic E-state index is 0.0249. The lowest BCUT2D eigenvalue weighted by Gasteiger charge is -2.61. The van der Waals surface area contributed by atoms with Crippen molar-refractivity contribution < 1.29 is 0 Å². The largest absolute Gasteiger partial charge is 0.310 e. The molecule has 11 rings (SSSR count). The molecule has 0 aromatic heterocycles. The molecule has 1 spiro atoms. The number of benzene rings is 5. The Morgan fingerprint density at radius 2 is 1.04 bits per heavy atom. The highest BCUT2D eigenvalue weighted by molar-refractivity contribution is 5.97. The van der Waals surface area contributed by atoms with Crippen LogP contribution in [0.3, 0.4) is 0 Å². The summed E-state index contributed by atoms with van der Waals surface area (Å²) in [5, 5.41) is 0. The fourth-order valence-corrected chi connectivity index (χ4v) is 13.0. The summed E-state index contributed by atoms with van der Waals surface area (Å²) in [5.74, 6) is 3.20. The van der Waals surface area contributed by atoms with Crippen molar-refractivity contribution in [3.63, 3.8) is 0 Å². The third-order valence-electron chi connectivity index (χ3n) is 16.0. The molecule has 0 heterocycles. The van der Waals surface area contributed by atoms with E-state index < -0.39 is 0 Å². The van der Waals surface area contributed by atoms with Crippen LogP contribution in [-0.2, 0) is 27.1 Å². The third-order valence-corrected chi connectivity index (χ3v) is 16.0. The van der Waals surface area contributed by atoms with Gasteiger partial charge in [0.2, 0.25) is 0 Å². The molecule has 5 aromatic rings. The molecule has 0 atom stereocenters. The monoisotopic (exact) mass is 752 g/mol. The zero-order valence-electron chi connectivity index (χ0n) is 36.5. The van der Waals surface area contributed by atoms with Gasteiger partial charge in [-0.15, -0.1) is 0 Å². The van der Waals surface area contributed by atoms with Crippen LogP contribution in [0.25, 0.3) is 22.3 Å². The van der Waals surface area contributed by atoms with Crippen molar-refractivity contribution in [2.75, 3.05) is 4.90 Å². The highest BCUT2D eigenvalue weighted by atomic mass is 15.1. The molecule has 0 amide bonds. The predicted octanol–water partition coefficient (Wildman–Crippen LogP) is 15.5. The maximum Gasteiger partial charge on any atom is 0.0471 e. The van der Waals surface area contributed by atoms with Gasteiger partial charge in [-0.25, -0.2) is 0 Å². The van der Waals surface area contributed by atoms with Crippen molar-refractivity contribution in [1.82, 2.24) is 0 Å². The summed E-state index contributed by atoms with van der Waals surface area (Å²) in [6.07, 6.45) is 9.41. The smallest absolute Gasteiger partial charge is 0.0471 e. The van der Waals surface area contributed by atoms with E-state index in [0.717, 1.165) is 11.8 Å². The molecular weight excluding hydrogens is 687 g/mol. The van der Waals surface area contributed by atoms with E-state index in [0.29, 0.717) is 11.8 Å². The first-order valence-electron chi connectivity index (χ1n) is 22.4. The van der Waals surface area contributed by atoms with Crippen LogP contribution in [0.5, 0.6) is 0 Å². The average Bonchev–Trinajstić information content (AvgIpc) is 3.45. The van der Waals surface area contributed by atoms with Crippen LogP contribution in [0, 0.1) is 23.7 Å². The van der Waals surface area contributed by atoms with E-state index in [4.69, 9.17) is 0 Å². The van der Waals surface area contributed by atoms with E-state index in [9.17, 15) is 0 Å². The number of hydrogen-bond acceptors (Lipinski definition) is 1. The van der Waals surface area contributed by atoms with Gasteiger partial charge in [-0.05, 0) is 182 Å². The molecule has 4 saturated carbocycles. The Morgan fingerprint density at radius 3 is 1.65 bits per heavy atom. The summed E-state index contributed by atoms with van der Waals surface area (Å²) >= 11 is 0. The summed E-state index contributed by atoms with van der Waals surface area (Å²) in [6.45, 7) is 24.1. The third kappa shape index (κ3) is 5.68. The van der Waals surface area contributed by atoms with E-state index in [1.807, 2.05) is 0 Å². The van der Waals surface area contributed by atoms with Crippen LogP contribution in [0.1, 0.15) is 148 Å². The van der Waals surface area contributed by atoms with E-state index in [1.54, 1.807) is 11.1 Å². The Labute approximate surface area is 344 Å². The first-order chi connectivity index (χ1) is 26.9. The highest BCUT2D eigenvalue weighted by Crippen LogP contribution is 2.70. The number of fused-ring (bicyclic) bond motifs is 4. The highest BCUT2D eigenvalue weighted by Gasteiger charge is 2.62. The first kappa shape index (κ1) is 37.2. The zero-order valence-corrected chi connectivity index (χ0v) is 36.5. The summed E-state index contributed by atoms with van der Waals surface area (Å²) in [4.78, 5) is 2.62. The second kappa shape index (κ2) is 12.5. The van der Waals surface area contributed by atoms with Gasteiger partial charge in [0.25, 0.3) is 0 Å². The minimum Gasteiger partial charge on any atom is -0.310 e. The van der Waals surface area contributed by atoms with Crippen LogP contribution >= 0.6 is 0 Å². The second-order valence-electron chi connectivity index (χ2n) is 22.6. The molecule has 0 radical (unpaired) electrons. The molecule has 6 aliphatic rings. The molecule has 1 nitrogen and oxygen atoms in total. The number of hydrogen-bond donors (Lipinski definition) is 0. The van der Waals surface area contributed by atoms with Crippen LogP contribution in [0.2, 0.25) is 0 Å². The number of nitrogens with zero attached hydrogens (tertiary/aromatic N) is 1. The maximum absolute atomic E-state index is 2.71. The number of anilines is 3. The van der Waals surface area contributed by atoms with Gasteiger partial charge in [-0.3, -0.25) is 0 Å². The van der Waals surface area contributed by atoms with Gasteiger partial charge in [-0.2, -0.15) is 0 Å². The number of rotatable bonds is 4. The van der Waals surface area contributed by atoms with Gasteiger partial charge < -0.3 is 4.90 Å². The Balaban J connectivity index is 1.30. The van der Waals surface area contributed by atoms with Crippen LogP contribution < -0.4 is 4.90 Å². The molecule has 294 valence electrons. The summed E-state index contributed by atoms with van der Waals surface area (Å²) < 4.78 is 0. The van der Waals surface area contributed by atoms with Gasteiger partial charge in [0, 0.05) is 22.5 Å². The van der Waals surface area contributed by atoms with E-state index in [2.05, 4.69) is 177 Å². The van der Waals surface area contributed by atoms with E-state index in [-0.39, 0.29) is 27.1 Å². The number of para-hydroxylation sites is 1. The van der Waals surface area contributed by atoms with Crippen molar-refractivity contribution in [1.29, 1.82) is 0 Å². The second-order valence-corrected chi connectivity index (χ2v) is 22.6. The van der Waals surface area contributed by atoms with Gasteiger partial charge in [0.15, 0.2) is 0 Å². The standard InChI is InChI=1S/C56H65N/c1-52(2,3)38-29-37(30-39(31-38)53(4,5)6)46-32-44(57(42-16-12-11-13-17-42)43-20-21-48-49(33-43)55(9,10)23-22-54(48,7)8)34-50-51(46)45-18-14-15-19-47(45)56(50)40-25-35-24-36(27-40)28-41(56)26-35/h11-21,29-36,40-41H,22-28H2,1-10H3. The van der Waals surface area contributed by atoms with Crippen LogP contribution in [0.15, 0.2) is 103 Å². The van der Waals surface area contributed by atoms with Gasteiger partial charge in [-0.1, -0.05) is 136 Å². The van der Waals surface area contributed by atoms with Crippen LogP contribution in [-0.4, -0.2) is 0 Å². The average molecular weight is 752 g/mol. The van der Waals surface area contributed by atoms with Gasteiger partial charge >= 0.3 is 0 Å². The maximum atomic E-state index is 2.71. The lowest BCUT2D eigenvalue weighted by Crippen LogP contribution is -2.55. The summed E-state index contributed by atoms with van der Waals surface area (Å²) in [7, 11) is 0. The fourth-order valence-electron chi connectivity index (χ4n) is 13.0. The Bertz CT molecular complexity index is 2330. The molecule has 6 aliphatic carbocycles. The Hall–Kier alpha value is -4.10. The van der Waals surface area contributed by atoms with E-state index >= 15 is 0 Å². The topological polar surface area (TPSA) is 3.24 Å². The predicted molar refractivity (Wildman–Crippen MR) is 243 cm³/mol. The van der Waals surface area contributed by atoms with Crippen LogP contribution in [0.4, 0.5) is 17.1 Å². The quantitative estimate of drug-likeness (QED) is 0.177. The molecular formula is C56H65N. The molecule has 5 aromatic carbocycles. The van der Waals surface area contributed by atoms with Crippen molar-refractivity contribution in [2.24, 2.45) is 23.7 Å². The first-order valence-corrected chi connectivity index (χ1v) is 22.4. The molecule has 0 unspecified atom stereocenters. The molecule has 0 saturated heterocycles. The van der Waals surface area contributed by atoms with Crippen molar-refractivity contribution in [2.45, 2.75) is 141 Å². The molecule has 1 heteroatoms. The van der Waals surface area contributed by atoms with Gasteiger partial charge in [0.1, 0.15) is 0 Å². The lowest BCUT2D eigenvalue weighted by molar-refractivity contribution is -0.0399. The van der Waals surface area contributed by atoms with Crippen molar-refractivity contribution in [3.05, 3.63) is 137 Å². The minimum absolute atomic E-state index is 0.0249. The molecule has 4 bridgehead atoms. The summed E-state index contributed by atoms with van der Waals surface area (Å²) in [6, 6.07) is 41.4. The Kier molecular flexibility index (Phi) is 8.13. The molecule has 57 heavy (non-hydrogen) atoms. The van der Waals surface area contributed by atoms with Crippen molar-refractivity contribution >= 4 is 17.1 Å². The summed E-state index contributed by atoms with van der Waals surface area (Å²) in [5.41, 5.74) is 19.0. The SMILES string of the molecule is CC(C)(C)c1cc(-c2cc(N(c3ccccc3)c3ccc4c(c3)C(C)(C)CCC4(C)C)cc3c2-c2ccccc2C32C3CC4CC(C3)CC2C4)cc(C(C)(C)C)c1. The van der Waals surface area contributed by atoms with Gasteiger partial charge in [0.05, 0.1) is 0 Å². The Morgan fingerprint density at radius 1 is 0.474 bits per heavy atom. The normalized spacial score (nSPS) is 26.3. The van der Waals surface area contributed by atoms with E-state index in [1.165, 1.54) is 107 Å². The lowest BCUT2D eigenvalue weighted by atomic mass is 9.43. The molecule has 4 fully saturated rings.